The van der Waals surface area contributed by atoms with Crippen molar-refractivity contribution in [2.75, 3.05) is 0 Å². The van der Waals surface area contributed by atoms with Gasteiger partial charge in [0, 0.05) is 0 Å². The van der Waals surface area contributed by atoms with Gasteiger partial charge in [0.15, 0.2) is 5.60 Å². The van der Waals surface area contributed by atoms with Crippen LogP contribution in [-0.4, -0.2) is 22.8 Å². The molecule has 3 atom stereocenters. The van der Waals surface area contributed by atoms with E-state index in [4.69, 9.17) is 4.74 Å². The third kappa shape index (κ3) is 3.98. The topological polar surface area (TPSA) is 46.5 Å². The summed E-state index contributed by atoms with van der Waals surface area (Å²) in [6, 6.07) is 0. The molecule has 0 aromatic heterocycles. The molecule has 100 valence electrons. The first-order chi connectivity index (χ1) is 7.71. The monoisotopic (exact) mass is 242 g/mol. The summed E-state index contributed by atoms with van der Waals surface area (Å²) < 4.78 is 5.51. The van der Waals surface area contributed by atoms with Crippen molar-refractivity contribution in [2.45, 2.75) is 65.6 Å². The second-order valence-corrected chi connectivity index (χ2v) is 6.33. The molecule has 0 saturated heterocycles. The molecule has 0 aromatic carbocycles. The lowest BCUT2D eigenvalue weighted by Gasteiger charge is -2.37. The van der Waals surface area contributed by atoms with Crippen molar-refractivity contribution in [1.82, 2.24) is 0 Å². The number of carbonyl (C=O) groups excluding carboxylic acids is 1. The Kier molecular flexibility index (Phi) is 4.59. The number of aliphatic hydroxyl groups is 1. The van der Waals surface area contributed by atoms with E-state index in [2.05, 4.69) is 20.8 Å². The van der Waals surface area contributed by atoms with Gasteiger partial charge < -0.3 is 9.84 Å². The smallest absolute Gasteiger partial charge is 0.337 e. The largest absolute Gasteiger partial charge is 0.460 e. The molecule has 0 spiro atoms. The highest BCUT2D eigenvalue weighted by atomic mass is 16.6. The maximum Gasteiger partial charge on any atom is 0.337 e. The second-order valence-electron chi connectivity index (χ2n) is 6.33. The Bertz CT molecular complexity index is 265. The van der Waals surface area contributed by atoms with Gasteiger partial charge in [-0.05, 0) is 44.4 Å². The minimum atomic E-state index is -1.39. The van der Waals surface area contributed by atoms with Crippen molar-refractivity contribution >= 4 is 5.97 Å². The number of hydrogen-bond acceptors (Lipinski definition) is 3. The average molecular weight is 242 g/mol. The molecule has 3 nitrogen and oxygen atoms in total. The minimum Gasteiger partial charge on any atom is -0.460 e. The molecule has 1 aliphatic carbocycles. The number of esters is 1. The van der Waals surface area contributed by atoms with E-state index in [9.17, 15) is 9.90 Å². The summed E-state index contributed by atoms with van der Waals surface area (Å²) in [4.78, 5) is 11.7. The van der Waals surface area contributed by atoms with E-state index in [1.807, 2.05) is 0 Å². The predicted octanol–water partition coefficient (Wildman–Crippen LogP) is 2.76. The fourth-order valence-electron chi connectivity index (χ4n) is 2.53. The molecule has 3 heteroatoms. The standard InChI is InChI=1S/C14H26O3/c1-9(2)11-7-6-10(3)8-12(11)17-13(15)14(4,5)16/h9-12,16H,6-8H2,1-5H3/t10-,11+,12-/m1/s1. The lowest BCUT2D eigenvalue weighted by Crippen LogP contribution is -2.41. The molecular formula is C14H26O3. The Hall–Kier alpha value is -0.570. The third-order valence-corrected chi connectivity index (χ3v) is 3.72. The van der Waals surface area contributed by atoms with Crippen LogP contribution in [0.15, 0.2) is 0 Å². The van der Waals surface area contributed by atoms with Crippen LogP contribution in [0.5, 0.6) is 0 Å². The lowest BCUT2D eigenvalue weighted by atomic mass is 9.75. The van der Waals surface area contributed by atoms with Crippen LogP contribution in [0, 0.1) is 17.8 Å². The highest BCUT2D eigenvalue weighted by molar-refractivity contribution is 5.78. The van der Waals surface area contributed by atoms with Crippen molar-refractivity contribution in [2.24, 2.45) is 17.8 Å². The van der Waals surface area contributed by atoms with Gasteiger partial charge in [0.25, 0.3) is 0 Å². The number of rotatable bonds is 3. The highest BCUT2D eigenvalue weighted by Crippen LogP contribution is 2.35. The zero-order valence-electron chi connectivity index (χ0n) is 11.7. The van der Waals surface area contributed by atoms with Gasteiger partial charge in [0.2, 0.25) is 0 Å². The van der Waals surface area contributed by atoms with E-state index in [1.165, 1.54) is 20.3 Å². The molecule has 1 saturated carbocycles. The first-order valence-electron chi connectivity index (χ1n) is 6.65. The molecule has 0 aliphatic heterocycles. The summed E-state index contributed by atoms with van der Waals surface area (Å²) in [5.74, 6) is 1.05. The Morgan fingerprint density at radius 2 is 1.94 bits per heavy atom. The molecule has 1 rings (SSSR count). The molecule has 17 heavy (non-hydrogen) atoms. The molecule has 0 radical (unpaired) electrons. The van der Waals surface area contributed by atoms with Gasteiger partial charge in [0.1, 0.15) is 6.10 Å². The van der Waals surface area contributed by atoms with Crippen molar-refractivity contribution in [3.8, 4) is 0 Å². The second kappa shape index (κ2) is 5.38. The lowest BCUT2D eigenvalue weighted by molar-refractivity contribution is -0.174. The fourth-order valence-corrected chi connectivity index (χ4v) is 2.53. The Morgan fingerprint density at radius 3 is 2.41 bits per heavy atom. The quantitative estimate of drug-likeness (QED) is 0.774. The van der Waals surface area contributed by atoms with Gasteiger partial charge in [-0.25, -0.2) is 4.79 Å². The first kappa shape index (κ1) is 14.5. The average Bonchev–Trinajstić information content (AvgIpc) is 2.15. The van der Waals surface area contributed by atoms with Gasteiger partial charge in [-0.1, -0.05) is 27.2 Å². The van der Waals surface area contributed by atoms with E-state index < -0.39 is 11.6 Å². The molecule has 1 aliphatic rings. The molecular weight excluding hydrogens is 216 g/mol. The molecule has 0 bridgehead atoms. The van der Waals surface area contributed by atoms with Crippen molar-refractivity contribution in [3.63, 3.8) is 0 Å². The summed E-state index contributed by atoms with van der Waals surface area (Å²) in [6.07, 6.45) is 3.21. The molecule has 0 heterocycles. The van der Waals surface area contributed by atoms with E-state index in [-0.39, 0.29) is 6.10 Å². The maximum atomic E-state index is 11.7. The van der Waals surface area contributed by atoms with Crippen LogP contribution in [0.2, 0.25) is 0 Å². The highest BCUT2D eigenvalue weighted by Gasteiger charge is 2.36. The first-order valence-corrected chi connectivity index (χ1v) is 6.65. The molecule has 0 unspecified atom stereocenters. The van der Waals surface area contributed by atoms with Crippen molar-refractivity contribution < 1.29 is 14.6 Å². The van der Waals surface area contributed by atoms with Crippen LogP contribution >= 0.6 is 0 Å². The zero-order chi connectivity index (χ0) is 13.2. The molecule has 1 N–H and O–H groups in total. The van der Waals surface area contributed by atoms with Crippen LogP contribution < -0.4 is 0 Å². The van der Waals surface area contributed by atoms with Gasteiger partial charge >= 0.3 is 5.97 Å². The Morgan fingerprint density at radius 1 is 1.35 bits per heavy atom. The third-order valence-electron chi connectivity index (χ3n) is 3.72. The summed E-state index contributed by atoms with van der Waals surface area (Å²) in [6.45, 7) is 9.50. The molecule has 1 fully saturated rings. The van der Waals surface area contributed by atoms with Gasteiger partial charge in [-0.15, -0.1) is 0 Å². The number of ether oxygens (including phenoxy) is 1. The fraction of sp³-hybridized carbons (Fsp3) is 0.929. The van der Waals surface area contributed by atoms with Crippen LogP contribution in [0.4, 0.5) is 0 Å². The van der Waals surface area contributed by atoms with E-state index >= 15 is 0 Å². The summed E-state index contributed by atoms with van der Waals surface area (Å²) in [5.41, 5.74) is -1.39. The van der Waals surface area contributed by atoms with Crippen LogP contribution in [-0.2, 0) is 9.53 Å². The Labute approximate surface area is 105 Å². The minimum absolute atomic E-state index is 0.0299. The molecule has 0 aromatic rings. The van der Waals surface area contributed by atoms with Crippen molar-refractivity contribution in [1.29, 1.82) is 0 Å². The van der Waals surface area contributed by atoms with Crippen LogP contribution in [0.3, 0.4) is 0 Å². The van der Waals surface area contributed by atoms with Crippen LogP contribution in [0.1, 0.15) is 53.9 Å². The van der Waals surface area contributed by atoms with E-state index in [1.54, 1.807) is 0 Å². The number of hydrogen-bond donors (Lipinski definition) is 1. The van der Waals surface area contributed by atoms with Crippen molar-refractivity contribution in [3.05, 3.63) is 0 Å². The summed E-state index contributed by atoms with van der Waals surface area (Å²) in [7, 11) is 0. The van der Waals surface area contributed by atoms with Crippen LogP contribution in [0.25, 0.3) is 0 Å². The van der Waals surface area contributed by atoms with Gasteiger partial charge in [-0.3, -0.25) is 0 Å². The Balaban J connectivity index is 2.67. The SMILES string of the molecule is CC(C)[C@@H]1CC[C@@H](C)C[C@H]1OC(=O)C(C)(C)O. The number of carbonyl (C=O) groups is 1. The normalized spacial score (nSPS) is 30.4. The molecule has 0 amide bonds. The maximum absolute atomic E-state index is 11.7. The van der Waals surface area contributed by atoms with E-state index in [0.717, 1.165) is 12.8 Å². The summed E-state index contributed by atoms with van der Waals surface area (Å²) >= 11 is 0. The van der Waals surface area contributed by atoms with Gasteiger partial charge in [-0.2, -0.15) is 0 Å². The van der Waals surface area contributed by atoms with Gasteiger partial charge in [0.05, 0.1) is 0 Å². The zero-order valence-corrected chi connectivity index (χ0v) is 11.7. The predicted molar refractivity (Wildman–Crippen MR) is 67.5 cm³/mol. The summed E-state index contributed by atoms with van der Waals surface area (Å²) in [5, 5.41) is 9.63. The van der Waals surface area contributed by atoms with E-state index in [0.29, 0.717) is 17.8 Å².